The van der Waals surface area contributed by atoms with Gasteiger partial charge in [0.2, 0.25) is 11.7 Å². The molecule has 0 atom stereocenters. The molecule has 0 unspecified atom stereocenters. The second-order valence-corrected chi connectivity index (χ2v) is 8.24. The van der Waals surface area contributed by atoms with Crippen LogP contribution in [0.5, 0.6) is 5.88 Å². The molecule has 28 heavy (non-hydrogen) atoms. The number of aryl methyl sites for hydroxylation is 2. The minimum Gasteiger partial charge on any atom is -0.477 e. The van der Waals surface area contributed by atoms with Crippen LogP contribution in [0.4, 0.5) is 0 Å². The SMILES string of the molecule is CCn1nc(C)c(C(=O)c2ccc(Cl)c(C(C)=C(C)C)c2C)c1OCC(C)C. The highest BCUT2D eigenvalue weighted by Crippen LogP contribution is 2.34. The van der Waals surface area contributed by atoms with Crippen LogP contribution in [0.25, 0.3) is 5.57 Å². The molecule has 2 rings (SSSR count). The highest BCUT2D eigenvalue weighted by molar-refractivity contribution is 6.32. The van der Waals surface area contributed by atoms with Crippen LogP contribution in [0.1, 0.15) is 74.3 Å². The predicted molar refractivity (Wildman–Crippen MR) is 117 cm³/mol. The van der Waals surface area contributed by atoms with Crippen LogP contribution in [-0.4, -0.2) is 22.2 Å². The van der Waals surface area contributed by atoms with Crippen molar-refractivity contribution in [2.45, 2.75) is 61.9 Å². The molecule has 0 aliphatic rings. The van der Waals surface area contributed by atoms with Crippen molar-refractivity contribution in [2.75, 3.05) is 6.61 Å². The van der Waals surface area contributed by atoms with Crippen molar-refractivity contribution in [3.63, 3.8) is 0 Å². The zero-order valence-corrected chi connectivity index (χ0v) is 19.0. The zero-order valence-electron chi connectivity index (χ0n) is 18.2. The van der Waals surface area contributed by atoms with Crippen LogP contribution in [0, 0.1) is 19.8 Å². The van der Waals surface area contributed by atoms with Gasteiger partial charge in [-0.2, -0.15) is 5.10 Å². The summed E-state index contributed by atoms with van der Waals surface area (Å²) in [5, 5.41) is 5.18. The molecular formula is C23H31ClN2O2. The molecule has 2 aromatic rings. The van der Waals surface area contributed by atoms with Gasteiger partial charge in [0.25, 0.3) is 0 Å². The molecule has 1 aromatic carbocycles. The predicted octanol–water partition coefficient (Wildman–Crippen LogP) is 6.25. The van der Waals surface area contributed by atoms with E-state index in [-0.39, 0.29) is 5.78 Å². The number of allylic oxidation sites excluding steroid dienone is 2. The monoisotopic (exact) mass is 402 g/mol. The molecule has 0 aliphatic carbocycles. The Morgan fingerprint density at radius 1 is 1.18 bits per heavy atom. The Hall–Kier alpha value is -2.07. The first-order chi connectivity index (χ1) is 13.1. The number of ether oxygens (including phenoxy) is 1. The fourth-order valence-electron chi connectivity index (χ4n) is 3.20. The van der Waals surface area contributed by atoms with Crippen LogP contribution in [0.3, 0.4) is 0 Å². The molecule has 0 radical (unpaired) electrons. The lowest BCUT2D eigenvalue weighted by Crippen LogP contribution is -2.13. The summed E-state index contributed by atoms with van der Waals surface area (Å²) in [4.78, 5) is 13.5. The van der Waals surface area contributed by atoms with Crippen molar-refractivity contribution >= 4 is 23.0 Å². The minimum atomic E-state index is -0.0760. The number of benzene rings is 1. The summed E-state index contributed by atoms with van der Waals surface area (Å²) in [5.74, 6) is 0.828. The average molecular weight is 403 g/mol. The number of aromatic nitrogens is 2. The van der Waals surface area contributed by atoms with Crippen molar-refractivity contribution in [2.24, 2.45) is 5.92 Å². The van der Waals surface area contributed by atoms with Gasteiger partial charge in [-0.3, -0.25) is 4.79 Å². The lowest BCUT2D eigenvalue weighted by atomic mass is 9.91. The van der Waals surface area contributed by atoms with E-state index in [1.54, 1.807) is 16.8 Å². The molecule has 0 aliphatic heterocycles. The third-order valence-electron chi connectivity index (χ3n) is 4.94. The van der Waals surface area contributed by atoms with Gasteiger partial charge in [-0.1, -0.05) is 31.0 Å². The molecule has 1 heterocycles. The van der Waals surface area contributed by atoms with E-state index in [2.05, 4.69) is 18.9 Å². The number of hydrogen-bond acceptors (Lipinski definition) is 3. The van der Waals surface area contributed by atoms with Crippen molar-refractivity contribution < 1.29 is 9.53 Å². The summed E-state index contributed by atoms with van der Waals surface area (Å²) in [6, 6.07) is 3.61. The van der Waals surface area contributed by atoms with E-state index < -0.39 is 0 Å². The lowest BCUT2D eigenvalue weighted by molar-refractivity contribution is 0.103. The lowest BCUT2D eigenvalue weighted by Gasteiger charge is -2.16. The Kier molecular flexibility index (Phi) is 7.11. The fraction of sp³-hybridized carbons (Fsp3) is 0.478. The molecule has 4 nitrogen and oxygen atoms in total. The quantitative estimate of drug-likeness (QED) is 0.514. The summed E-state index contributed by atoms with van der Waals surface area (Å²) in [6.45, 7) is 17.3. The molecule has 0 saturated carbocycles. The van der Waals surface area contributed by atoms with Crippen LogP contribution in [-0.2, 0) is 6.54 Å². The molecule has 0 fully saturated rings. The van der Waals surface area contributed by atoms with Gasteiger partial charge < -0.3 is 4.74 Å². The summed E-state index contributed by atoms with van der Waals surface area (Å²) >= 11 is 6.48. The van der Waals surface area contributed by atoms with E-state index in [0.29, 0.717) is 46.8 Å². The first-order valence-electron chi connectivity index (χ1n) is 9.78. The Labute approximate surface area is 173 Å². The van der Waals surface area contributed by atoms with E-state index in [4.69, 9.17) is 16.3 Å². The molecule has 0 N–H and O–H groups in total. The first-order valence-corrected chi connectivity index (χ1v) is 10.2. The molecule has 0 amide bonds. The second-order valence-electron chi connectivity index (χ2n) is 7.84. The van der Waals surface area contributed by atoms with E-state index in [1.165, 1.54) is 5.57 Å². The van der Waals surface area contributed by atoms with Crippen molar-refractivity contribution in [1.29, 1.82) is 0 Å². The number of rotatable bonds is 7. The minimum absolute atomic E-state index is 0.0760. The van der Waals surface area contributed by atoms with E-state index >= 15 is 0 Å². The Bertz CT molecular complexity index is 919. The van der Waals surface area contributed by atoms with Crippen LogP contribution in [0.15, 0.2) is 17.7 Å². The van der Waals surface area contributed by atoms with Gasteiger partial charge in [0, 0.05) is 17.1 Å². The molecule has 0 bridgehead atoms. The number of nitrogens with zero attached hydrogens (tertiary/aromatic N) is 2. The topological polar surface area (TPSA) is 44.1 Å². The van der Waals surface area contributed by atoms with Crippen LogP contribution >= 0.6 is 11.6 Å². The fourth-order valence-corrected chi connectivity index (χ4v) is 3.54. The standard InChI is InChI=1S/C23H31ClN2O2/c1-9-26-23(28-12-13(2)3)21(17(8)25-26)22(27)18-10-11-19(24)20(16(18)7)15(6)14(4)5/h10-11,13H,9,12H2,1-8H3. The van der Waals surface area contributed by atoms with E-state index in [0.717, 1.165) is 16.7 Å². The van der Waals surface area contributed by atoms with Gasteiger partial charge in [0.1, 0.15) is 5.56 Å². The Morgan fingerprint density at radius 3 is 2.36 bits per heavy atom. The summed E-state index contributed by atoms with van der Waals surface area (Å²) in [5.41, 5.74) is 5.93. The van der Waals surface area contributed by atoms with Gasteiger partial charge in [0.15, 0.2) is 0 Å². The first kappa shape index (κ1) is 22.2. The Morgan fingerprint density at radius 2 is 1.82 bits per heavy atom. The van der Waals surface area contributed by atoms with Gasteiger partial charge in [-0.15, -0.1) is 0 Å². The summed E-state index contributed by atoms with van der Waals surface area (Å²) in [7, 11) is 0. The maximum absolute atomic E-state index is 13.5. The molecule has 1 aromatic heterocycles. The normalized spacial score (nSPS) is 11.1. The largest absolute Gasteiger partial charge is 0.477 e. The van der Waals surface area contributed by atoms with Crippen molar-refractivity contribution in [3.05, 3.63) is 50.7 Å². The maximum Gasteiger partial charge on any atom is 0.223 e. The number of hydrogen-bond donors (Lipinski definition) is 0. The van der Waals surface area contributed by atoms with Crippen LogP contribution in [0.2, 0.25) is 5.02 Å². The molecule has 0 spiro atoms. The van der Waals surface area contributed by atoms with Crippen molar-refractivity contribution in [1.82, 2.24) is 9.78 Å². The number of halogens is 1. The van der Waals surface area contributed by atoms with Gasteiger partial charge in [-0.05, 0) is 76.3 Å². The van der Waals surface area contributed by atoms with Crippen molar-refractivity contribution in [3.8, 4) is 5.88 Å². The highest BCUT2D eigenvalue weighted by Gasteiger charge is 2.26. The Balaban J connectivity index is 2.63. The average Bonchev–Trinajstić information content (AvgIpc) is 2.94. The third kappa shape index (κ3) is 4.33. The van der Waals surface area contributed by atoms with Crippen LogP contribution < -0.4 is 4.74 Å². The maximum atomic E-state index is 13.5. The van der Waals surface area contributed by atoms with E-state index in [9.17, 15) is 4.79 Å². The number of ketones is 1. The third-order valence-corrected chi connectivity index (χ3v) is 5.26. The molecular weight excluding hydrogens is 372 g/mol. The smallest absolute Gasteiger partial charge is 0.223 e. The molecule has 152 valence electrons. The second kappa shape index (κ2) is 8.95. The zero-order chi connectivity index (χ0) is 21.2. The highest BCUT2D eigenvalue weighted by atomic mass is 35.5. The van der Waals surface area contributed by atoms with E-state index in [1.807, 2.05) is 41.5 Å². The number of carbonyl (C=O) groups excluding carboxylic acids is 1. The van der Waals surface area contributed by atoms with Gasteiger partial charge in [-0.25, -0.2) is 4.68 Å². The summed E-state index contributed by atoms with van der Waals surface area (Å²) in [6.07, 6.45) is 0. The number of carbonyl (C=O) groups is 1. The molecule has 0 saturated heterocycles. The molecule has 5 heteroatoms. The van der Waals surface area contributed by atoms with Gasteiger partial charge in [0.05, 0.1) is 12.3 Å². The summed E-state index contributed by atoms with van der Waals surface area (Å²) < 4.78 is 7.77. The van der Waals surface area contributed by atoms with Gasteiger partial charge >= 0.3 is 0 Å².